The second-order valence-electron chi connectivity index (χ2n) is 10.4. The van der Waals surface area contributed by atoms with Crippen LogP contribution in [0.2, 0.25) is 0 Å². The van der Waals surface area contributed by atoms with Gasteiger partial charge in [0.25, 0.3) is 0 Å². The Morgan fingerprint density at radius 2 is 1.11 bits per heavy atom. The molecule has 0 saturated heterocycles. The highest BCUT2D eigenvalue weighted by molar-refractivity contribution is 6.29. The fourth-order valence-electron chi connectivity index (χ4n) is 5.30. The fraction of sp³-hybridized carbons (Fsp3) is 0.211. The van der Waals surface area contributed by atoms with Gasteiger partial charge in [0.1, 0.15) is 17.2 Å². The molecular formula is C38H39N3O3. The van der Waals surface area contributed by atoms with Gasteiger partial charge < -0.3 is 19.4 Å². The summed E-state index contributed by atoms with van der Waals surface area (Å²) in [5.74, 6) is 0.719. The molecule has 0 spiro atoms. The van der Waals surface area contributed by atoms with E-state index >= 15 is 0 Å². The summed E-state index contributed by atoms with van der Waals surface area (Å²) in [6, 6.07) is 26.5. The van der Waals surface area contributed by atoms with Gasteiger partial charge in [0, 0.05) is 43.1 Å². The molecule has 2 aliphatic heterocycles. The highest BCUT2D eigenvalue weighted by atomic mass is 16.7. The van der Waals surface area contributed by atoms with Gasteiger partial charge >= 0.3 is 5.97 Å². The number of allylic oxidation sites excluding steroid dienone is 5. The summed E-state index contributed by atoms with van der Waals surface area (Å²) < 4.78 is 6.30. The lowest BCUT2D eigenvalue weighted by atomic mass is 9.96. The van der Waals surface area contributed by atoms with Crippen LogP contribution in [0, 0.1) is 0 Å². The van der Waals surface area contributed by atoms with Gasteiger partial charge in [-0.05, 0) is 93.0 Å². The first-order chi connectivity index (χ1) is 21.5. The Morgan fingerprint density at radius 3 is 1.57 bits per heavy atom. The van der Waals surface area contributed by atoms with Gasteiger partial charge in [-0.15, -0.1) is 0 Å². The molecule has 0 bridgehead atoms. The third-order valence-corrected chi connectivity index (χ3v) is 7.75. The van der Waals surface area contributed by atoms with E-state index in [2.05, 4.69) is 91.2 Å². The first-order valence-electron chi connectivity index (χ1n) is 15.3. The van der Waals surface area contributed by atoms with Crippen LogP contribution < -0.4 is 9.80 Å². The molecule has 0 aliphatic carbocycles. The van der Waals surface area contributed by atoms with E-state index in [9.17, 15) is 4.79 Å². The standard InChI is InChI=1S/C38H39N3O3/c1-5-40(6-2)32-20-14-28(15-21-32)18-24-34-26-31(36-37(39-44-38(36)42)30-12-10-9-11-13-30)27-35(43-34)25-19-29-16-22-33(23-17-29)41(7-3)8-4/h9-27H,5-8H2,1-4H3/b24-18+,25-19+. The number of ether oxygens (including phenoxy) is 1. The summed E-state index contributed by atoms with van der Waals surface area (Å²) in [6.45, 7) is 12.5. The number of carbonyl (C=O) groups is 1. The lowest BCUT2D eigenvalue weighted by molar-refractivity contribution is -0.136. The number of rotatable bonds is 11. The van der Waals surface area contributed by atoms with Crippen LogP contribution >= 0.6 is 0 Å². The van der Waals surface area contributed by atoms with E-state index in [-0.39, 0.29) is 0 Å². The zero-order valence-electron chi connectivity index (χ0n) is 25.9. The maximum absolute atomic E-state index is 13.0. The second kappa shape index (κ2) is 14.4. The van der Waals surface area contributed by atoms with Crippen molar-refractivity contribution in [3.63, 3.8) is 0 Å². The molecule has 3 aromatic rings. The summed E-state index contributed by atoms with van der Waals surface area (Å²) in [5, 5.41) is 4.12. The minimum absolute atomic E-state index is 0.406. The Balaban J connectivity index is 1.47. The second-order valence-corrected chi connectivity index (χ2v) is 10.4. The number of anilines is 2. The van der Waals surface area contributed by atoms with Crippen LogP contribution in [-0.2, 0) is 14.4 Å². The molecule has 0 unspecified atom stereocenters. The van der Waals surface area contributed by atoms with Crippen LogP contribution in [0.4, 0.5) is 11.4 Å². The average molecular weight is 586 g/mol. The number of oxime groups is 1. The van der Waals surface area contributed by atoms with Crippen LogP contribution in [0.25, 0.3) is 12.2 Å². The Bertz CT molecular complexity index is 1550. The van der Waals surface area contributed by atoms with Crippen molar-refractivity contribution in [1.29, 1.82) is 0 Å². The minimum atomic E-state index is -0.487. The highest BCUT2D eigenvalue weighted by Gasteiger charge is 2.30. The van der Waals surface area contributed by atoms with Crippen molar-refractivity contribution in [2.24, 2.45) is 5.16 Å². The van der Waals surface area contributed by atoms with Crippen LogP contribution in [0.1, 0.15) is 44.4 Å². The number of hydrogen-bond donors (Lipinski definition) is 0. The van der Waals surface area contributed by atoms with Gasteiger partial charge in [0.15, 0.2) is 0 Å². The average Bonchev–Trinajstić information content (AvgIpc) is 3.46. The van der Waals surface area contributed by atoms with Crippen molar-refractivity contribution in [3.05, 3.63) is 143 Å². The third kappa shape index (κ3) is 7.09. The molecule has 0 amide bonds. The number of nitrogens with zero attached hydrogens (tertiary/aromatic N) is 3. The highest BCUT2D eigenvalue weighted by Crippen LogP contribution is 2.29. The van der Waals surface area contributed by atoms with Crippen LogP contribution in [-0.4, -0.2) is 37.9 Å². The largest absolute Gasteiger partial charge is 0.457 e. The van der Waals surface area contributed by atoms with Crippen molar-refractivity contribution in [2.75, 3.05) is 36.0 Å². The van der Waals surface area contributed by atoms with Crippen molar-refractivity contribution in [2.45, 2.75) is 27.7 Å². The Hall–Kier alpha value is -5.10. The Labute approximate surface area is 260 Å². The van der Waals surface area contributed by atoms with E-state index in [0.29, 0.717) is 28.4 Å². The summed E-state index contributed by atoms with van der Waals surface area (Å²) in [4.78, 5) is 22.7. The Kier molecular flexibility index (Phi) is 9.92. The molecule has 224 valence electrons. The molecule has 5 rings (SSSR count). The van der Waals surface area contributed by atoms with Crippen molar-refractivity contribution in [3.8, 4) is 0 Å². The molecule has 3 aromatic carbocycles. The van der Waals surface area contributed by atoms with E-state index in [1.54, 1.807) is 0 Å². The topological polar surface area (TPSA) is 54.4 Å². The molecule has 2 aliphatic rings. The van der Waals surface area contributed by atoms with Gasteiger partial charge in [0.2, 0.25) is 0 Å². The molecular weight excluding hydrogens is 546 g/mol. The molecule has 0 radical (unpaired) electrons. The molecule has 0 atom stereocenters. The molecule has 0 fully saturated rings. The number of hydrogen-bond acceptors (Lipinski definition) is 6. The normalized spacial score (nSPS) is 14.8. The van der Waals surface area contributed by atoms with E-state index in [4.69, 9.17) is 9.57 Å². The van der Waals surface area contributed by atoms with Gasteiger partial charge in [-0.2, -0.15) is 0 Å². The predicted molar refractivity (Wildman–Crippen MR) is 181 cm³/mol. The first-order valence-corrected chi connectivity index (χ1v) is 15.3. The predicted octanol–water partition coefficient (Wildman–Crippen LogP) is 8.16. The molecule has 0 saturated carbocycles. The van der Waals surface area contributed by atoms with Crippen molar-refractivity contribution in [1.82, 2.24) is 0 Å². The molecule has 44 heavy (non-hydrogen) atoms. The van der Waals surface area contributed by atoms with Gasteiger partial charge in [-0.1, -0.05) is 71.9 Å². The molecule has 6 heteroatoms. The minimum Gasteiger partial charge on any atom is -0.457 e. The van der Waals surface area contributed by atoms with Crippen molar-refractivity contribution >= 4 is 35.2 Å². The summed E-state index contributed by atoms with van der Waals surface area (Å²) in [5.41, 5.74) is 6.88. The monoisotopic (exact) mass is 585 g/mol. The van der Waals surface area contributed by atoms with Crippen LogP contribution in [0.5, 0.6) is 0 Å². The zero-order valence-corrected chi connectivity index (χ0v) is 25.9. The molecule has 0 N–H and O–H groups in total. The zero-order chi connectivity index (χ0) is 30.9. The molecule has 0 aromatic heterocycles. The molecule has 2 heterocycles. The maximum Gasteiger partial charge on any atom is 0.368 e. The van der Waals surface area contributed by atoms with E-state index in [0.717, 1.165) is 42.9 Å². The van der Waals surface area contributed by atoms with E-state index in [1.807, 2.05) is 66.8 Å². The number of carbonyl (C=O) groups excluding carboxylic acids is 1. The molecule has 6 nitrogen and oxygen atoms in total. The lowest BCUT2D eigenvalue weighted by Gasteiger charge is -2.21. The van der Waals surface area contributed by atoms with E-state index in [1.165, 1.54) is 11.4 Å². The first kappa shape index (κ1) is 30.4. The quantitative estimate of drug-likeness (QED) is 0.168. The maximum atomic E-state index is 13.0. The van der Waals surface area contributed by atoms with Gasteiger partial charge in [0.05, 0.1) is 5.57 Å². The van der Waals surface area contributed by atoms with Crippen molar-refractivity contribution < 1.29 is 14.4 Å². The summed E-state index contributed by atoms with van der Waals surface area (Å²) in [6.07, 6.45) is 11.6. The summed E-state index contributed by atoms with van der Waals surface area (Å²) >= 11 is 0. The fourth-order valence-corrected chi connectivity index (χ4v) is 5.30. The van der Waals surface area contributed by atoms with Gasteiger partial charge in [-0.25, -0.2) is 4.79 Å². The lowest BCUT2D eigenvalue weighted by Crippen LogP contribution is -2.21. The number of benzene rings is 3. The summed E-state index contributed by atoms with van der Waals surface area (Å²) in [7, 11) is 0. The third-order valence-electron chi connectivity index (χ3n) is 7.75. The SMILES string of the molecule is CCN(CC)c1ccc(/C=C/C2=CC(=C3C(=O)ON=C3c3ccccc3)C=C(/C=C/c3ccc(N(CC)CC)cc3)O2)cc1. The van der Waals surface area contributed by atoms with Crippen LogP contribution in [0.15, 0.2) is 131 Å². The van der Waals surface area contributed by atoms with Crippen LogP contribution in [0.3, 0.4) is 0 Å². The van der Waals surface area contributed by atoms with Gasteiger partial charge in [-0.3, -0.25) is 0 Å². The Morgan fingerprint density at radius 1 is 0.636 bits per heavy atom. The van der Waals surface area contributed by atoms with E-state index < -0.39 is 5.97 Å². The smallest absolute Gasteiger partial charge is 0.368 e.